The standard InChI is InChI=1S/C21H23N5S/c1-2-3-13-26-20(19(24-21(26)27)17-9-4-5-12-23-17)18-10-7-14-25(18)16-8-6-11-22-15-16/h4-12,14-15,19-20H,2-3,13H2,1H3,(H,24,27)/t19-,20+/m1/s1. The van der Waals surface area contributed by atoms with Crippen molar-refractivity contribution in [3.8, 4) is 5.69 Å². The van der Waals surface area contributed by atoms with E-state index in [0.29, 0.717) is 0 Å². The van der Waals surface area contributed by atoms with Gasteiger partial charge in [0.2, 0.25) is 0 Å². The Morgan fingerprint density at radius 2 is 2.04 bits per heavy atom. The van der Waals surface area contributed by atoms with Crippen molar-refractivity contribution in [2.75, 3.05) is 6.54 Å². The molecule has 3 aromatic heterocycles. The van der Waals surface area contributed by atoms with E-state index in [-0.39, 0.29) is 12.1 Å². The van der Waals surface area contributed by atoms with Crippen LogP contribution >= 0.6 is 12.2 Å². The van der Waals surface area contributed by atoms with Crippen LogP contribution in [0.5, 0.6) is 0 Å². The third-order valence-electron chi connectivity index (χ3n) is 4.96. The summed E-state index contributed by atoms with van der Waals surface area (Å²) in [7, 11) is 0. The Kier molecular flexibility index (Phi) is 5.16. The molecule has 1 aliphatic heterocycles. The number of nitrogens with one attached hydrogen (secondary N) is 1. The number of pyridine rings is 2. The molecule has 0 amide bonds. The maximum Gasteiger partial charge on any atom is 0.170 e. The summed E-state index contributed by atoms with van der Waals surface area (Å²) in [5, 5.41) is 4.31. The predicted molar refractivity (Wildman–Crippen MR) is 111 cm³/mol. The number of hydrogen-bond donors (Lipinski definition) is 1. The molecular formula is C21H23N5S. The van der Waals surface area contributed by atoms with Gasteiger partial charge in [0.25, 0.3) is 0 Å². The van der Waals surface area contributed by atoms with Crippen molar-refractivity contribution in [2.24, 2.45) is 0 Å². The Hall–Kier alpha value is -2.73. The maximum atomic E-state index is 5.71. The van der Waals surface area contributed by atoms with E-state index in [1.807, 2.05) is 30.6 Å². The molecule has 0 aliphatic carbocycles. The SMILES string of the molecule is CCCCN1C(=S)N[C@H](c2ccccn2)[C@@H]1c1cccn1-c1cccnc1. The van der Waals surface area contributed by atoms with Crippen LogP contribution < -0.4 is 5.32 Å². The Balaban J connectivity index is 1.78. The molecule has 4 heterocycles. The highest BCUT2D eigenvalue weighted by Gasteiger charge is 2.40. The van der Waals surface area contributed by atoms with Crippen LogP contribution in [0.25, 0.3) is 5.69 Å². The van der Waals surface area contributed by atoms with Gasteiger partial charge in [0.1, 0.15) is 0 Å². The Labute approximate surface area is 165 Å². The summed E-state index contributed by atoms with van der Waals surface area (Å²) in [5.74, 6) is 0. The molecule has 0 aromatic carbocycles. The number of thiocarbonyl (C=S) groups is 1. The fourth-order valence-corrected chi connectivity index (χ4v) is 3.99. The summed E-state index contributed by atoms with van der Waals surface area (Å²) < 4.78 is 2.20. The lowest BCUT2D eigenvalue weighted by molar-refractivity contribution is 0.304. The molecule has 2 atom stereocenters. The third-order valence-corrected chi connectivity index (χ3v) is 5.31. The van der Waals surface area contributed by atoms with Crippen LogP contribution in [0.15, 0.2) is 67.3 Å². The Morgan fingerprint density at radius 3 is 2.78 bits per heavy atom. The van der Waals surface area contributed by atoms with E-state index in [1.165, 1.54) is 5.69 Å². The maximum absolute atomic E-state index is 5.71. The highest BCUT2D eigenvalue weighted by Crippen LogP contribution is 2.39. The average molecular weight is 378 g/mol. The van der Waals surface area contributed by atoms with E-state index in [2.05, 4.69) is 62.1 Å². The third kappa shape index (κ3) is 3.45. The van der Waals surface area contributed by atoms with Crippen molar-refractivity contribution < 1.29 is 0 Å². The molecule has 1 aliphatic rings. The zero-order valence-electron chi connectivity index (χ0n) is 15.3. The van der Waals surface area contributed by atoms with Gasteiger partial charge >= 0.3 is 0 Å². The molecule has 5 nitrogen and oxygen atoms in total. The van der Waals surface area contributed by atoms with Gasteiger partial charge in [0.15, 0.2) is 5.11 Å². The molecule has 0 unspecified atom stereocenters. The fraction of sp³-hybridized carbons (Fsp3) is 0.286. The molecule has 138 valence electrons. The number of hydrogen-bond acceptors (Lipinski definition) is 3. The number of unbranched alkanes of at least 4 members (excludes halogenated alkanes) is 1. The van der Waals surface area contributed by atoms with E-state index < -0.39 is 0 Å². The van der Waals surface area contributed by atoms with Gasteiger partial charge in [-0.05, 0) is 55.0 Å². The smallest absolute Gasteiger partial charge is 0.170 e. The molecular weight excluding hydrogens is 354 g/mol. The van der Waals surface area contributed by atoms with Crippen molar-refractivity contribution in [1.82, 2.24) is 24.8 Å². The van der Waals surface area contributed by atoms with Crippen LogP contribution in [0.2, 0.25) is 0 Å². The van der Waals surface area contributed by atoms with Gasteiger partial charge in [-0.2, -0.15) is 0 Å². The van der Waals surface area contributed by atoms with Crippen molar-refractivity contribution in [3.05, 3.63) is 78.6 Å². The average Bonchev–Trinajstić information content (AvgIpc) is 3.32. The normalized spacial score (nSPS) is 19.3. The van der Waals surface area contributed by atoms with Gasteiger partial charge in [0, 0.05) is 30.8 Å². The monoisotopic (exact) mass is 377 g/mol. The quantitative estimate of drug-likeness (QED) is 0.657. The molecule has 0 bridgehead atoms. The molecule has 0 saturated carbocycles. The Morgan fingerprint density at radius 1 is 1.11 bits per heavy atom. The first-order chi connectivity index (χ1) is 13.3. The van der Waals surface area contributed by atoms with Crippen molar-refractivity contribution in [3.63, 3.8) is 0 Å². The van der Waals surface area contributed by atoms with Crippen LogP contribution in [0.1, 0.15) is 43.2 Å². The largest absolute Gasteiger partial charge is 0.352 e. The van der Waals surface area contributed by atoms with Gasteiger partial charge in [-0.15, -0.1) is 0 Å². The van der Waals surface area contributed by atoms with Crippen LogP contribution in [0, 0.1) is 0 Å². The molecule has 6 heteroatoms. The van der Waals surface area contributed by atoms with Gasteiger partial charge in [-0.1, -0.05) is 19.4 Å². The second-order valence-corrected chi connectivity index (χ2v) is 7.07. The van der Waals surface area contributed by atoms with E-state index >= 15 is 0 Å². The molecule has 4 rings (SSSR count). The lowest BCUT2D eigenvalue weighted by Gasteiger charge is -2.28. The van der Waals surface area contributed by atoms with Crippen LogP contribution in [0.3, 0.4) is 0 Å². The first kappa shape index (κ1) is 17.7. The van der Waals surface area contributed by atoms with Gasteiger partial charge in [-0.25, -0.2) is 0 Å². The minimum atomic E-state index is 0.0147. The first-order valence-corrected chi connectivity index (χ1v) is 9.76. The van der Waals surface area contributed by atoms with Crippen LogP contribution in [-0.4, -0.2) is 31.1 Å². The van der Waals surface area contributed by atoms with E-state index in [1.54, 1.807) is 6.20 Å². The van der Waals surface area contributed by atoms with Gasteiger partial charge in [-0.3, -0.25) is 9.97 Å². The number of nitrogens with zero attached hydrogens (tertiary/aromatic N) is 4. The van der Waals surface area contributed by atoms with E-state index in [0.717, 1.165) is 35.9 Å². The van der Waals surface area contributed by atoms with Gasteiger partial charge in [0.05, 0.1) is 29.7 Å². The molecule has 27 heavy (non-hydrogen) atoms. The molecule has 0 radical (unpaired) electrons. The van der Waals surface area contributed by atoms with Crippen molar-refractivity contribution in [1.29, 1.82) is 0 Å². The van der Waals surface area contributed by atoms with Crippen LogP contribution in [0.4, 0.5) is 0 Å². The fourth-order valence-electron chi connectivity index (χ4n) is 3.66. The molecule has 0 spiro atoms. The van der Waals surface area contributed by atoms with Crippen molar-refractivity contribution in [2.45, 2.75) is 31.8 Å². The molecule has 3 aromatic rings. The summed E-state index contributed by atoms with van der Waals surface area (Å²) >= 11 is 5.71. The Bertz CT molecular complexity index is 893. The lowest BCUT2D eigenvalue weighted by atomic mass is 10.0. The molecule has 1 saturated heterocycles. The number of aromatic nitrogens is 3. The van der Waals surface area contributed by atoms with E-state index in [9.17, 15) is 0 Å². The summed E-state index contributed by atoms with van der Waals surface area (Å²) in [5.41, 5.74) is 3.23. The molecule has 1 fully saturated rings. The second kappa shape index (κ2) is 7.88. The number of rotatable bonds is 6. The van der Waals surface area contributed by atoms with E-state index in [4.69, 9.17) is 12.2 Å². The summed E-state index contributed by atoms with van der Waals surface area (Å²) in [6.45, 7) is 3.13. The zero-order chi connectivity index (χ0) is 18.6. The topological polar surface area (TPSA) is 46.0 Å². The zero-order valence-corrected chi connectivity index (χ0v) is 16.1. The minimum Gasteiger partial charge on any atom is -0.352 e. The molecule has 1 N–H and O–H groups in total. The first-order valence-electron chi connectivity index (χ1n) is 9.35. The predicted octanol–water partition coefficient (Wildman–Crippen LogP) is 4.04. The summed E-state index contributed by atoms with van der Waals surface area (Å²) in [6, 6.07) is 14.4. The lowest BCUT2D eigenvalue weighted by Crippen LogP contribution is -2.31. The van der Waals surface area contributed by atoms with Gasteiger partial charge < -0.3 is 14.8 Å². The second-order valence-electron chi connectivity index (χ2n) is 6.69. The highest BCUT2D eigenvalue weighted by atomic mass is 32.1. The highest BCUT2D eigenvalue weighted by molar-refractivity contribution is 7.80. The summed E-state index contributed by atoms with van der Waals surface area (Å²) in [4.78, 5) is 11.2. The van der Waals surface area contributed by atoms with Crippen LogP contribution in [-0.2, 0) is 0 Å². The minimum absolute atomic E-state index is 0.0147. The summed E-state index contributed by atoms with van der Waals surface area (Å²) in [6.07, 6.45) is 9.83. The van der Waals surface area contributed by atoms with Crippen molar-refractivity contribution >= 4 is 17.3 Å².